The lowest BCUT2D eigenvalue weighted by Gasteiger charge is -2.45. The van der Waals surface area contributed by atoms with Crippen LogP contribution in [0.25, 0.3) is 10.1 Å². The molecule has 0 radical (unpaired) electrons. The van der Waals surface area contributed by atoms with Crippen LogP contribution in [0.15, 0.2) is 28.4 Å². The fourth-order valence-electron chi connectivity index (χ4n) is 4.22. The van der Waals surface area contributed by atoms with Crippen LogP contribution in [0.1, 0.15) is 38.5 Å². The molecule has 4 rings (SSSR count). The van der Waals surface area contributed by atoms with E-state index in [-0.39, 0.29) is 11.2 Å². The van der Waals surface area contributed by atoms with Gasteiger partial charge < -0.3 is 4.90 Å². The van der Waals surface area contributed by atoms with Crippen LogP contribution in [0, 0.1) is 11.7 Å². The summed E-state index contributed by atoms with van der Waals surface area (Å²) in [7, 11) is 0. The van der Waals surface area contributed by atoms with Crippen LogP contribution in [0.5, 0.6) is 0 Å². The van der Waals surface area contributed by atoms with Gasteiger partial charge in [-0.25, -0.2) is 4.39 Å². The zero-order valence-corrected chi connectivity index (χ0v) is 13.4. The lowest BCUT2D eigenvalue weighted by atomic mass is 9.78. The Labute approximate surface area is 133 Å². The van der Waals surface area contributed by atoms with Gasteiger partial charge in [0.2, 0.25) is 5.43 Å². The molecule has 1 aromatic heterocycles. The van der Waals surface area contributed by atoms with Crippen molar-refractivity contribution in [1.29, 1.82) is 0 Å². The average Bonchev–Trinajstić information content (AvgIpc) is 2.55. The van der Waals surface area contributed by atoms with Gasteiger partial charge in [-0.2, -0.15) is 0 Å². The third-order valence-electron chi connectivity index (χ3n) is 5.27. The summed E-state index contributed by atoms with van der Waals surface area (Å²) in [6, 6.07) is 5.03. The number of fused-ring (bicyclic) bond motifs is 2. The van der Waals surface area contributed by atoms with Crippen molar-refractivity contribution in [1.82, 2.24) is 0 Å². The van der Waals surface area contributed by atoms with Crippen molar-refractivity contribution < 1.29 is 4.39 Å². The van der Waals surface area contributed by atoms with Gasteiger partial charge in [-0.15, -0.1) is 11.3 Å². The van der Waals surface area contributed by atoms with Crippen LogP contribution in [0.3, 0.4) is 0 Å². The van der Waals surface area contributed by atoms with Crippen LogP contribution in [0.4, 0.5) is 10.1 Å². The van der Waals surface area contributed by atoms with Crippen molar-refractivity contribution in [3.8, 4) is 0 Å². The molecule has 0 spiro atoms. The van der Waals surface area contributed by atoms with Gasteiger partial charge in [0.05, 0.1) is 5.69 Å². The molecule has 2 heterocycles. The number of rotatable bonds is 1. The molecule has 2 aliphatic rings. The minimum Gasteiger partial charge on any atom is -0.364 e. The summed E-state index contributed by atoms with van der Waals surface area (Å²) in [4.78, 5) is 15.2. The van der Waals surface area contributed by atoms with E-state index >= 15 is 0 Å². The van der Waals surface area contributed by atoms with E-state index in [1.807, 2.05) is 5.38 Å². The number of nitrogens with zero attached hydrogens (tertiary/aromatic N) is 1. The zero-order chi connectivity index (χ0) is 15.1. The number of benzene rings is 1. The molecule has 1 saturated heterocycles. The van der Waals surface area contributed by atoms with Gasteiger partial charge in [0.15, 0.2) is 0 Å². The van der Waals surface area contributed by atoms with E-state index in [4.69, 9.17) is 0 Å². The van der Waals surface area contributed by atoms with Crippen molar-refractivity contribution in [2.45, 2.75) is 44.6 Å². The Kier molecular flexibility index (Phi) is 3.65. The van der Waals surface area contributed by atoms with Crippen molar-refractivity contribution >= 4 is 27.1 Å². The Morgan fingerprint density at radius 3 is 2.86 bits per heavy atom. The van der Waals surface area contributed by atoms with Gasteiger partial charge in [0.25, 0.3) is 0 Å². The van der Waals surface area contributed by atoms with Crippen molar-refractivity contribution in [3.63, 3.8) is 0 Å². The van der Waals surface area contributed by atoms with E-state index < -0.39 is 0 Å². The van der Waals surface area contributed by atoms with Crippen LogP contribution >= 0.6 is 11.3 Å². The Morgan fingerprint density at radius 2 is 1.95 bits per heavy atom. The number of piperidine rings is 1. The maximum absolute atomic E-state index is 13.5. The van der Waals surface area contributed by atoms with Gasteiger partial charge in [-0.05, 0) is 49.8 Å². The summed E-state index contributed by atoms with van der Waals surface area (Å²) in [6.45, 7) is 0.962. The largest absolute Gasteiger partial charge is 0.364 e. The molecule has 1 aliphatic heterocycles. The predicted octanol–water partition coefficient (Wildman–Crippen LogP) is 4.56. The molecule has 2 atom stereocenters. The van der Waals surface area contributed by atoms with Gasteiger partial charge in [-0.3, -0.25) is 4.79 Å². The molecule has 22 heavy (non-hydrogen) atoms. The topological polar surface area (TPSA) is 20.3 Å². The molecule has 116 valence electrons. The highest BCUT2D eigenvalue weighted by molar-refractivity contribution is 7.16. The smallest absolute Gasteiger partial charge is 0.211 e. The SMILES string of the molecule is O=c1c(N2CCC[C@@H]3CCCC[C@@H]32)csc2ccc(F)cc12. The molecule has 4 heteroatoms. The van der Waals surface area contributed by atoms with E-state index in [9.17, 15) is 9.18 Å². The first-order valence-electron chi connectivity index (χ1n) is 8.22. The number of hydrogen-bond acceptors (Lipinski definition) is 3. The molecule has 0 bridgehead atoms. The molecule has 0 unspecified atom stereocenters. The second-order valence-corrected chi connectivity index (χ2v) is 7.45. The normalized spacial score (nSPS) is 25.2. The second-order valence-electron chi connectivity index (χ2n) is 6.54. The Hall–Kier alpha value is -1.42. The molecule has 2 fully saturated rings. The molecule has 0 amide bonds. The molecule has 1 saturated carbocycles. The minimum absolute atomic E-state index is 0.000488. The lowest BCUT2D eigenvalue weighted by Crippen LogP contribution is -2.48. The molecule has 1 aromatic carbocycles. The zero-order valence-electron chi connectivity index (χ0n) is 12.6. The molecular formula is C18H20FNOS. The van der Waals surface area contributed by atoms with E-state index in [1.165, 1.54) is 44.2 Å². The molecular weight excluding hydrogens is 297 g/mol. The third kappa shape index (κ3) is 2.34. The Morgan fingerprint density at radius 1 is 1.14 bits per heavy atom. The van der Waals surface area contributed by atoms with Crippen molar-refractivity contribution in [2.75, 3.05) is 11.4 Å². The van der Waals surface area contributed by atoms with Gasteiger partial charge in [0, 0.05) is 28.1 Å². The van der Waals surface area contributed by atoms with Crippen LogP contribution in [-0.2, 0) is 0 Å². The number of hydrogen-bond donors (Lipinski definition) is 0. The van der Waals surface area contributed by atoms with E-state index in [0.29, 0.717) is 11.4 Å². The summed E-state index contributed by atoms with van der Waals surface area (Å²) in [5.74, 6) is 0.401. The van der Waals surface area contributed by atoms with Gasteiger partial charge in [-0.1, -0.05) is 12.8 Å². The predicted molar refractivity (Wildman–Crippen MR) is 90.4 cm³/mol. The monoisotopic (exact) mass is 317 g/mol. The summed E-state index contributed by atoms with van der Waals surface area (Å²) in [6.07, 6.45) is 7.52. The number of anilines is 1. The number of halogens is 1. The Bertz CT molecular complexity index is 754. The minimum atomic E-state index is -0.330. The third-order valence-corrected chi connectivity index (χ3v) is 6.22. The van der Waals surface area contributed by atoms with Gasteiger partial charge in [0.1, 0.15) is 5.82 Å². The highest BCUT2D eigenvalue weighted by Gasteiger charge is 2.34. The van der Waals surface area contributed by atoms with Crippen LogP contribution in [-0.4, -0.2) is 12.6 Å². The maximum atomic E-state index is 13.5. The summed E-state index contributed by atoms with van der Waals surface area (Å²) in [5, 5.41) is 2.51. The quantitative estimate of drug-likeness (QED) is 0.768. The summed E-state index contributed by atoms with van der Waals surface area (Å²) in [5.41, 5.74) is 0.791. The molecule has 2 nitrogen and oxygen atoms in total. The second kappa shape index (κ2) is 5.65. The average molecular weight is 317 g/mol. The van der Waals surface area contributed by atoms with E-state index in [2.05, 4.69) is 4.90 Å². The molecule has 0 N–H and O–H groups in total. The standard InChI is InChI=1S/C18H20FNOS/c19-13-7-8-17-14(10-13)18(21)16(11-22-17)20-9-3-5-12-4-1-2-6-15(12)20/h7-8,10-12,15H,1-6,9H2/t12-,15-/m0/s1. The first-order valence-corrected chi connectivity index (χ1v) is 9.10. The molecule has 2 aromatic rings. The summed E-state index contributed by atoms with van der Waals surface area (Å²) < 4.78 is 14.4. The Balaban J connectivity index is 1.79. The first kappa shape index (κ1) is 14.2. The molecule has 1 aliphatic carbocycles. The first-order chi connectivity index (χ1) is 10.7. The van der Waals surface area contributed by atoms with Gasteiger partial charge >= 0.3 is 0 Å². The summed E-state index contributed by atoms with van der Waals surface area (Å²) >= 11 is 1.55. The highest BCUT2D eigenvalue weighted by Crippen LogP contribution is 2.37. The van der Waals surface area contributed by atoms with Crippen molar-refractivity contribution in [2.24, 2.45) is 5.92 Å². The van der Waals surface area contributed by atoms with Crippen LogP contribution in [0.2, 0.25) is 0 Å². The van der Waals surface area contributed by atoms with Crippen molar-refractivity contribution in [3.05, 3.63) is 39.6 Å². The fourth-order valence-corrected chi connectivity index (χ4v) is 5.12. The maximum Gasteiger partial charge on any atom is 0.211 e. The van der Waals surface area contributed by atoms with Crippen LogP contribution < -0.4 is 10.3 Å². The van der Waals surface area contributed by atoms with E-state index in [1.54, 1.807) is 17.4 Å². The lowest BCUT2D eigenvalue weighted by molar-refractivity contribution is 0.243. The van der Waals surface area contributed by atoms with E-state index in [0.717, 1.165) is 29.3 Å². The fraction of sp³-hybridized carbons (Fsp3) is 0.500. The highest BCUT2D eigenvalue weighted by atomic mass is 32.1.